The zero-order chi connectivity index (χ0) is 17.9. The molecule has 3 amide bonds. The number of nitrogens with one attached hydrogen (secondary N) is 1. The van der Waals surface area contributed by atoms with Crippen LogP contribution < -0.4 is 16.8 Å². The minimum atomic E-state index is -0.788. The van der Waals surface area contributed by atoms with E-state index in [0.717, 1.165) is 0 Å². The third kappa shape index (κ3) is 3.71. The van der Waals surface area contributed by atoms with Crippen LogP contribution in [-0.4, -0.2) is 22.6 Å². The van der Waals surface area contributed by atoms with E-state index in [4.69, 9.17) is 11.5 Å². The Morgan fingerprint density at radius 1 is 0.875 bits per heavy atom. The lowest BCUT2D eigenvalue weighted by molar-refractivity contribution is -0.384. The van der Waals surface area contributed by atoms with E-state index in [1.165, 1.54) is 42.5 Å². The number of rotatable bonds is 5. The van der Waals surface area contributed by atoms with E-state index in [9.17, 15) is 24.5 Å². The molecule has 122 valence electrons. The van der Waals surface area contributed by atoms with Crippen molar-refractivity contribution in [1.29, 1.82) is 0 Å². The van der Waals surface area contributed by atoms with Crippen LogP contribution in [0.15, 0.2) is 42.5 Å². The number of hydrogen-bond donors (Lipinski definition) is 3. The van der Waals surface area contributed by atoms with Gasteiger partial charge in [0, 0.05) is 34.5 Å². The van der Waals surface area contributed by atoms with Gasteiger partial charge in [-0.15, -0.1) is 0 Å². The van der Waals surface area contributed by atoms with Crippen LogP contribution >= 0.6 is 0 Å². The molecular weight excluding hydrogens is 316 g/mol. The predicted octanol–water partition coefficient (Wildman–Crippen LogP) is 1.04. The Morgan fingerprint density at radius 2 is 1.38 bits per heavy atom. The average molecular weight is 328 g/mol. The van der Waals surface area contributed by atoms with Crippen molar-refractivity contribution >= 4 is 29.1 Å². The molecule has 0 atom stereocenters. The summed E-state index contributed by atoms with van der Waals surface area (Å²) in [4.78, 5) is 44.7. The summed E-state index contributed by atoms with van der Waals surface area (Å²) in [6, 6.07) is 8.72. The molecule has 0 aliphatic rings. The van der Waals surface area contributed by atoms with E-state index in [1.54, 1.807) is 0 Å². The lowest BCUT2D eigenvalue weighted by Gasteiger charge is -2.08. The Bertz CT molecular complexity index is 813. The smallest absolute Gasteiger partial charge is 0.269 e. The summed E-state index contributed by atoms with van der Waals surface area (Å²) >= 11 is 0. The molecule has 0 aliphatic heterocycles. The monoisotopic (exact) mass is 328 g/mol. The molecule has 0 bridgehead atoms. The van der Waals surface area contributed by atoms with Gasteiger partial charge in [-0.25, -0.2) is 0 Å². The first-order valence-corrected chi connectivity index (χ1v) is 6.58. The molecule has 2 aromatic rings. The normalized spacial score (nSPS) is 10.0. The van der Waals surface area contributed by atoms with Crippen molar-refractivity contribution in [3.8, 4) is 0 Å². The van der Waals surface area contributed by atoms with Crippen LogP contribution in [0.25, 0.3) is 0 Å². The fourth-order valence-corrected chi connectivity index (χ4v) is 1.92. The Hall–Kier alpha value is -3.75. The maximum absolute atomic E-state index is 12.1. The zero-order valence-corrected chi connectivity index (χ0v) is 12.2. The van der Waals surface area contributed by atoms with Crippen molar-refractivity contribution in [3.05, 3.63) is 69.3 Å². The number of carbonyl (C=O) groups is 3. The van der Waals surface area contributed by atoms with Gasteiger partial charge in [-0.3, -0.25) is 24.5 Å². The SMILES string of the molecule is NC(=O)c1cc(NC(=O)c2ccc([N+](=O)[O-])cc2)cc(C(N)=O)c1. The highest BCUT2D eigenvalue weighted by Gasteiger charge is 2.13. The van der Waals surface area contributed by atoms with Gasteiger partial charge in [-0.2, -0.15) is 0 Å². The van der Waals surface area contributed by atoms with Gasteiger partial charge in [0.15, 0.2) is 0 Å². The molecule has 5 N–H and O–H groups in total. The van der Waals surface area contributed by atoms with E-state index >= 15 is 0 Å². The van der Waals surface area contributed by atoms with Gasteiger partial charge in [0.25, 0.3) is 11.6 Å². The molecule has 0 aliphatic carbocycles. The highest BCUT2D eigenvalue weighted by atomic mass is 16.6. The molecule has 0 saturated heterocycles. The summed E-state index contributed by atoms with van der Waals surface area (Å²) in [5.74, 6) is -2.16. The fourth-order valence-electron chi connectivity index (χ4n) is 1.92. The zero-order valence-electron chi connectivity index (χ0n) is 12.2. The van der Waals surface area contributed by atoms with Crippen LogP contribution in [0.1, 0.15) is 31.1 Å². The van der Waals surface area contributed by atoms with Crippen molar-refractivity contribution < 1.29 is 19.3 Å². The molecule has 24 heavy (non-hydrogen) atoms. The average Bonchev–Trinajstić information content (AvgIpc) is 2.54. The molecule has 0 aromatic heterocycles. The van der Waals surface area contributed by atoms with Gasteiger partial charge in [0.05, 0.1) is 4.92 Å². The number of nitro groups is 1. The predicted molar refractivity (Wildman–Crippen MR) is 84.5 cm³/mol. The highest BCUT2D eigenvalue weighted by Crippen LogP contribution is 2.17. The summed E-state index contributed by atoms with van der Waals surface area (Å²) in [6.45, 7) is 0. The van der Waals surface area contributed by atoms with E-state index < -0.39 is 22.6 Å². The van der Waals surface area contributed by atoms with Crippen LogP contribution in [0.3, 0.4) is 0 Å². The molecule has 0 unspecified atom stereocenters. The van der Waals surface area contributed by atoms with Crippen molar-refractivity contribution in [3.63, 3.8) is 0 Å². The second-order valence-electron chi connectivity index (χ2n) is 4.79. The number of primary amides is 2. The Kier molecular flexibility index (Phi) is 4.55. The van der Waals surface area contributed by atoms with Crippen molar-refractivity contribution in [2.24, 2.45) is 11.5 Å². The van der Waals surface area contributed by atoms with Crippen LogP contribution in [0.5, 0.6) is 0 Å². The number of nitrogens with two attached hydrogens (primary N) is 2. The molecule has 0 heterocycles. The van der Waals surface area contributed by atoms with E-state index in [-0.39, 0.29) is 28.1 Å². The number of nitrogens with zero attached hydrogens (tertiary/aromatic N) is 1. The van der Waals surface area contributed by atoms with E-state index in [2.05, 4.69) is 5.32 Å². The first kappa shape index (κ1) is 16.6. The van der Waals surface area contributed by atoms with Crippen LogP contribution in [0.2, 0.25) is 0 Å². The molecule has 0 saturated carbocycles. The number of amides is 3. The maximum Gasteiger partial charge on any atom is 0.269 e. The van der Waals surface area contributed by atoms with E-state index in [0.29, 0.717) is 0 Å². The van der Waals surface area contributed by atoms with Gasteiger partial charge in [0.2, 0.25) is 11.8 Å². The van der Waals surface area contributed by atoms with Gasteiger partial charge in [-0.05, 0) is 30.3 Å². The molecular formula is C15H12N4O5. The Balaban J connectivity index is 2.29. The molecule has 0 radical (unpaired) electrons. The first-order valence-electron chi connectivity index (χ1n) is 6.58. The molecule has 0 fully saturated rings. The summed E-state index contributed by atoms with van der Waals surface area (Å²) in [5.41, 5.74) is 10.5. The molecule has 2 rings (SSSR count). The van der Waals surface area contributed by atoms with Crippen molar-refractivity contribution in [2.75, 3.05) is 5.32 Å². The minimum Gasteiger partial charge on any atom is -0.366 e. The summed E-state index contributed by atoms with van der Waals surface area (Å²) in [7, 11) is 0. The second kappa shape index (κ2) is 6.57. The molecule has 2 aromatic carbocycles. The number of anilines is 1. The van der Waals surface area contributed by atoms with Crippen molar-refractivity contribution in [2.45, 2.75) is 0 Å². The number of non-ortho nitro benzene ring substituents is 1. The molecule has 9 heteroatoms. The standard InChI is InChI=1S/C15H12N4O5/c16-13(20)9-5-10(14(17)21)7-11(6-9)18-15(22)8-1-3-12(4-2-8)19(23)24/h1-7H,(H2,16,20)(H2,17,21)(H,18,22). The number of hydrogen-bond acceptors (Lipinski definition) is 5. The van der Waals surface area contributed by atoms with Gasteiger partial charge in [0.1, 0.15) is 0 Å². The fraction of sp³-hybridized carbons (Fsp3) is 0. The second-order valence-corrected chi connectivity index (χ2v) is 4.79. The summed E-state index contributed by atoms with van der Waals surface area (Å²) in [5, 5.41) is 13.1. The molecule has 9 nitrogen and oxygen atoms in total. The highest BCUT2D eigenvalue weighted by molar-refractivity contribution is 6.06. The lowest BCUT2D eigenvalue weighted by Crippen LogP contribution is -2.18. The van der Waals surface area contributed by atoms with Crippen LogP contribution in [0.4, 0.5) is 11.4 Å². The third-order valence-corrected chi connectivity index (χ3v) is 3.10. The van der Waals surface area contributed by atoms with E-state index in [1.807, 2.05) is 0 Å². The van der Waals surface area contributed by atoms with Crippen molar-refractivity contribution in [1.82, 2.24) is 0 Å². The number of carbonyl (C=O) groups excluding carboxylic acids is 3. The quantitative estimate of drug-likeness (QED) is 0.551. The Morgan fingerprint density at radius 3 is 1.79 bits per heavy atom. The van der Waals surface area contributed by atoms with Gasteiger partial charge >= 0.3 is 0 Å². The summed E-state index contributed by atoms with van der Waals surface area (Å²) < 4.78 is 0. The largest absolute Gasteiger partial charge is 0.366 e. The van der Waals surface area contributed by atoms with Crippen LogP contribution in [-0.2, 0) is 0 Å². The number of benzene rings is 2. The maximum atomic E-state index is 12.1. The van der Waals surface area contributed by atoms with Gasteiger partial charge < -0.3 is 16.8 Å². The number of nitro benzene ring substituents is 1. The third-order valence-electron chi connectivity index (χ3n) is 3.10. The van der Waals surface area contributed by atoms with Gasteiger partial charge in [-0.1, -0.05) is 0 Å². The van der Waals surface area contributed by atoms with Crippen LogP contribution in [0, 0.1) is 10.1 Å². The molecule has 0 spiro atoms. The topological polar surface area (TPSA) is 158 Å². The lowest BCUT2D eigenvalue weighted by atomic mass is 10.1. The Labute approximate surface area is 135 Å². The minimum absolute atomic E-state index is 0.00491. The summed E-state index contributed by atoms with van der Waals surface area (Å²) in [6.07, 6.45) is 0. The first-order chi connectivity index (χ1) is 11.3.